The van der Waals surface area contributed by atoms with Crippen molar-refractivity contribution < 1.29 is 18.3 Å². The van der Waals surface area contributed by atoms with Gasteiger partial charge in [-0.2, -0.15) is 5.10 Å². The Labute approximate surface area is 132 Å². The van der Waals surface area contributed by atoms with E-state index in [0.717, 1.165) is 0 Å². The number of rotatable bonds is 3. The molecule has 3 rings (SSSR count). The lowest BCUT2D eigenvalue weighted by molar-refractivity contribution is -0.255. The van der Waals surface area contributed by atoms with E-state index in [1.165, 1.54) is 10.7 Å². The lowest BCUT2D eigenvalue weighted by atomic mass is 10.1. The second kappa shape index (κ2) is 5.40. The molecule has 0 N–H and O–H groups in total. The van der Waals surface area contributed by atoms with Crippen molar-refractivity contribution in [2.45, 2.75) is 12.5 Å². The van der Waals surface area contributed by atoms with Crippen LogP contribution < -0.4 is 5.11 Å². The smallest absolute Gasteiger partial charge is 0.152 e. The topological polar surface area (TPSA) is 92.1 Å². The van der Waals surface area contributed by atoms with Crippen LogP contribution in [0.5, 0.6) is 0 Å². The molecule has 116 valence electrons. The van der Waals surface area contributed by atoms with Crippen molar-refractivity contribution in [3.8, 4) is 11.3 Å². The summed E-state index contributed by atoms with van der Waals surface area (Å²) in [6.07, 6.45) is 0.414. The van der Waals surface area contributed by atoms with Crippen molar-refractivity contribution in [1.29, 1.82) is 0 Å². The minimum Gasteiger partial charge on any atom is -0.543 e. The predicted octanol–water partition coefficient (Wildman–Crippen LogP) is 0.927. The Morgan fingerprint density at radius 3 is 2.55 bits per heavy atom. The van der Waals surface area contributed by atoms with Gasteiger partial charge in [-0.15, -0.1) is 0 Å². The van der Waals surface area contributed by atoms with Gasteiger partial charge >= 0.3 is 0 Å². The molecular formula is C14H12ClN2O4S-. The molecule has 1 aromatic heterocycles. The minimum atomic E-state index is -3.11. The number of sulfone groups is 1. The molecule has 0 unspecified atom stereocenters. The van der Waals surface area contributed by atoms with Crippen LogP contribution in [-0.2, 0) is 9.84 Å². The number of nitrogens with zero attached hydrogens (tertiary/aromatic N) is 2. The Hall–Kier alpha value is -1.86. The Bertz CT molecular complexity index is 827. The van der Waals surface area contributed by atoms with Gasteiger partial charge in [0.2, 0.25) is 0 Å². The van der Waals surface area contributed by atoms with Crippen molar-refractivity contribution in [2.24, 2.45) is 0 Å². The molecule has 1 aliphatic heterocycles. The molecule has 1 fully saturated rings. The lowest BCUT2D eigenvalue weighted by Crippen LogP contribution is -2.23. The van der Waals surface area contributed by atoms with Gasteiger partial charge in [0.05, 0.1) is 29.2 Å². The normalized spacial score (nSPS) is 20.1. The third kappa shape index (κ3) is 2.86. The third-order valence-electron chi connectivity index (χ3n) is 3.64. The number of benzene rings is 1. The molecule has 0 bridgehead atoms. The molecule has 2 heterocycles. The fraction of sp³-hybridized carbons (Fsp3) is 0.286. The van der Waals surface area contributed by atoms with Gasteiger partial charge in [0.1, 0.15) is 5.69 Å². The molecular weight excluding hydrogens is 328 g/mol. The quantitative estimate of drug-likeness (QED) is 0.829. The summed E-state index contributed by atoms with van der Waals surface area (Å²) in [6, 6.07) is 7.85. The molecule has 1 aromatic carbocycles. The number of carbonyl (C=O) groups excluding carboxylic acids is 1. The van der Waals surface area contributed by atoms with Crippen LogP contribution in [0.3, 0.4) is 0 Å². The van der Waals surface area contributed by atoms with Crippen LogP contribution in [0.15, 0.2) is 30.3 Å². The number of halogens is 1. The average Bonchev–Trinajstić information content (AvgIpc) is 3.03. The fourth-order valence-electron chi connectivity index (χ4n) is 2.58. The van der Waals surface area contributed by atoms with E-state index in [1.54, 1.807) is 24.3 Å². The van der Waals surface area contributed by atoms with Crippen LogP contribution in [0.1, 0.15) is 23.0 Å². The first-order chi connectivity index (χ1) is 10.4. The van der Waals surface area contributed by atoms with E-state index in [9.17, 15) is 18.3 Å². The van der Waals surface area contributed by atoms with Gasteiger partial charge in [-0.05, 0) is 30.2 Å². The third-order valence-corrected chi connectivity index (χ3v) is 5.64. The zero-order valence-electron chi connectivity index (χ0n) is 11.4. The zero-order valence-corrected chi connectivity index (χ0v) is 13.0. The maximum atomic E-state index is 11.7. The highest BCUT2D eigenvalue weighted by Gasteiger charge is 2.31. The monoisotopic (exact) mass is 339 g/mol. The molecule has 8 heteroatoms. The van der Waals surface area contributed by atoms with Crippen molar-refractivity contribution in [3.63, 3.8) is 0 Å². The van der Waals surface area contributed by atoms with Crippen molar-refractivity contribution in [2.75, 3.05) is 11.5 Å². The Morgan fingerprint density at radius 1 is 1.32 bits per heavy atom. The molecule has 0 amide bonds. The number of carbonyl (C=O) groups is 1. The Balaban J connectivity index is 2.08. The number of aromatic nitrogens is 2. The van der Waals surface area contributed by atoms with Crippen LogP contribution in [0.4, 0.5) is 0 Å². The minimum absolute atomic E-state index is 0.0399. The van der Waals surface area contributed by atoms with Gasteiger partial charge in [0, 0.05) is 5.02 Å². The SMILES string of the molecule is O=C([O-])c1cc(-c2ccc(Cl)cc2)n([C@@H]2CCS(=O)(=O)C2)n1. The highest BCUT2D eigenvalue weighted by atomic mass is 35.5. The summed E-state index contributed by atoms with van der Waals surface area (Å²) in [5.41, 5.74) is 1.04. The van der Waals surface area contributed by atoms with Crippen LogP contribution in [0.2, 0.25) is 5.02 Å². The standard InChI is InChI=1S/C14H13ClN2O4S/c15-10-3-1-9(2-4-10)13-7-12(14(18)19)16-17(13)11-5-6-22(20,21)8-11/h1-4,7,11H,5-6,8H2,(H,18,19)/p-1/t11-/m1/s1. The molecule has 1 aliphatic rings. The first-order valence-corrected chi connectivity index (χ1v) is 8.83. The maximum Gasteiger partial charge on any atom is 0.152 e. The largest absolute Gasteiger partial charge is 0.543 e. The van der Waals surface area contributed by atoms with Crippen molar-refractivity contribution in [3.05, 3.63) is 41.0 Å². The van der Waals surface area contributed by atoms with E-state index >= 15 is 0 Å². The van der Waals surface area contributed by atoms with Crippen molar-refractivity contribution >= 4 is 27.4 Å². The summed E-state index contributed by atoms with van der Waals surface area (Å²) in [4.78, 5) is 11.1. The predicted molar refractivity (Wildman–Crippen MR) is 79.3 cm³/mol. The molecule has 0 radical (unpaired) electrons. The highest BCUT2D eigenvalue weighted by Crippen LogP contribution is 2.30. The number of hydrogen-bond acceptors (Lipinski definition) is 5. The summed E-state index contributed by atoms with van der Waals surface area (Å²) in [7, 11) is -3.11. The van der Waals surface area contributed by atoms with Gasteiger partial charge in [-0.3, -0.25) is 4.68 Å². The van der Waals surface area contributed by atoms with E-state index < -0.39 is 15.8 Å². The Kier molecular flexibility index (Phi) is 3.70. The summed E-state index contributed by atoms with van der Waals surface area (Å²) in [5.74, 6) is -1.35. The summed E-state index contributed by atoms with van der Waals surface area (Å²) < 4.78 is 24.8. The van der Waals surface area contributed by atoms with Gasteiger partial charge in [0.15, 0.2) is 9.84 Å². The van der Waals surface area contributed by atoms with Gasteiger partial charge in [-0.1, -0.05) is 23.7 Å². The first kappa shape index (κ1) is 15.1. The van der Waals surface area contributed by atoms with E-state index in [-0.39, 0.29) is 23.2 Å². The molecule has 22 heavy (non-hydrogen) atoms. The number of carboxylic acid groups (broad SMARTS) is 1. The summed E-state index contributed by atoms with van der Waals surface area (Å²) in [5, 5.41) is 15.6. The second-order valence-electron chi connectivity index (χ2n) is 5.21. The molecule has 2 aromatic rings. The molecule has 1 saturated heterocycles. The lowest BCUT2D eigenvalue weighted by Gasteiger charge is -2.13. The number of hydrogen-bond donors (Lipinski definition) is 0. The van der Waals surface area contributed by atoms with Crippen LogP contribution in [0.25, 0.3) is 11.3 Å². The van der Waals surface area contributed by atoms with E-state index in [4.69, 9.17) is 11.6 Å². The van der Waals surface area contributed by atoms with Gasteiger partial charge in [-0.25, -0.2) is 8.42 Å². The maximum absolute atomic E-state index is 11.7. The van der Waals surface area contributed by atoms with E-state index in [0.29, 0.717) is 22.7 Å². The molecule has 0 saturated carbocycles. The Morgan fingerprint density at radius 2 is 2.00 bits per heavy atom. The summed E-state index contributed by atoms with van der Waals surface area (Å²) >= 11 is 5.85. The van der Waals surface area contributed by atoms with Gasteiger partial charge in [0.25, 0.3) is 0 Å². The van der Waals surface area contributed by atoms with Crippen molar-refractivity contribution in [1.82, 2.24) is 9.78 Å². The van der Waals surface area contributed by atoms with Crippen LogP contribution in [-0.4, -0.2) is 35.7 Å². The molecule has 0 spiro atoms. The highest BCUT2D eigenvalue weighted by molar-refractivity contribution is 7.91. The van der Waals surface area contributed by atoms with Gasteiger partial charge < -0.3 is 9.90 Å². The first-order valence-electron chi connectivity index (χ1n) is 6.63. The second-order valence-corrected chi connectivity index (χ2v) is 7.88. The fourth-order valence-corrected chi connectivity index (χ4v) is 4.40. The zero-order chi connectivity index (χ0) is 15.9. The molecule has 0 aliphatic carbocycles. The average molecular weight is 340 g/mol. The van der Waals surface area contributed by atoms with Crippen LogP contribution in [0, 0.1) is 0 Å². The van der Waals surface area contributed by atoms with E-state index in [2.05, 4.69) is 5.10 Å². The number of aromatic carboxylic acids is 1. The van der Waals surface area contributed by atoms with Crippen LogP contribution >= 0.6 is 11.6 Å². The molecule has 1 atom stereocenters. The van der Waals surface area contributed by atoms with E-state index in [1.807, 2.05) is 0 Å². The summed E-state index contributed by atoms with van der Waals surface area (Å²) in [6.45, 7) is 0. The number of carboxylic acids is 1. The molecule has 6 nitrogen and oxygen atoms in total.